The molecule has 0 bridgehead atoms. The molecule has 2 rings (SSSR count). The molecule has 128 valence electrons. The minimum atomic E-state index is -3.74. The van der Waals surface area contributed by atoms with Crippen molar-refractivity contribution in [3.63, 3.8) is 0 Å². The van der Waals surface area contributed by atoms with Crippen LogP contribution in [0.15, 0.2) is 47.4 Å². The lowest BCUT2D eigenvalue weighted by atomic mass is 10.2. The van der Waals surface area contributed by atoms with Crippen LogP contribution in [0.3, 0.4) is 0 Å². The SMILES string of the molecule is NS(=O)(=O)c1ccc(OCCOC(=O)c2cc(Cl)cc(Cl)c2)cc1. The van der Waals surface area contributed by atoms with Crippen LogP contribution in [0, 0.1) is 0 Å². The number of benzene rings is 2. The molecule has 0 aliphatic carbocycles. The van der Waals surface area contributed by atoms with Gasteiger partial charge in [-0.25, -0.2) is 18.4 Å². The van der Waals surface area contributed by atoms with E-state index >= 15 is 0 Å². The highest BCUT2D eigenvalue weighted by molar-refractivity contribution is 7.89. The van der Waals surface area contributed by atoms with Gasteiger partial charge in [-0.05, 0) is 42.5 Å². The summed E-state index contributed by atoms with van der Waals surface area (Å²) in [5, 5.41) is 5.66. The van der Waals surface area contributed by atoms with Crippen molar-refractivity contribution in [1.82, 2.24) is 0 Å². The molecule has 0 atom stereocenters. The number of hydrogen-bond acceptors (Lipinski definition) is 5. The van der Waals surface area contributed by atoms with E-state index in [2.05, 4.69) is 0 Å². The van der Waals surface area contributed by atoms with Crippen LogP contribution in [0.1, 0.15) is 10.4 Å². The van der Waals surface area contributed by atoms with Gasteiger partial charge in [0, 0.05) is 10.0 Å². The summed E-state index contributed by atoms with van der Waals surface area (Å²) in [6, 6.07) is 9.96. The highest BCUT2D eigenvalue weighted by Gasteiger charge is 2.10. The number of rotatable bonds is 6. The van der Waals surface area contributed by atoms with Crippen LogP contribution in [0.5, 0.6) is 5.75 Å². The third kappa shape index (κ3) is 5.38. The van der Waals surface area contributed by atoms with E-state index in [-0.39, 0.29) is 23.7 Å². The third-order valence-electron chi connectivity index (χ3n) is 2.84. The average Bonchev–Trinajstić information content (AvgIpc) is 2.50. The van der Waals surface area contributed by atoms with Crippen LogP contribution in [0.2, 0.25) is 10.0 Å². The molecule has 0 unspecified atom stereocenters. The summed E-state index contributed by atoms with van der Waals surface area (Å²) in [6.45, 7) is 0.0919. The fraction of sp³-hybridized carbons (Fsp3) is 0.133. The molecule has 0 aromatic heterocycles. The zero-order valence-corrected chi connectivity index (χ0v) is 14.6. The van der Waals surface area contributed by atoms with Crippen molar-refractivity contribution in [3.8, 4) is 5.75 Å². The molecular formula is C15H13Cl2NO5S. The standard InChI is InChI=1S/C15H13Cl2NO5S/c16-11-7-10(8-12(17)9-11)15(19)23-6-5-22-13-1-3-14(4-2-13)24(18,20)21/h1-4,7-9H,5-6H2,(H2,18,20,21). The van der Waals surface area contributed by atoms with Crippen molar-refractivity contribution in [2.24, 2.45) is 5.14 Å². The molecule has 0 fully saturated rings. The van der Waals surface area contributed by atoms with Crippen molar-refractivity contribution in [1.29, 1.82) is 0 Å². The van der Waals surface area contributed by atoms with Gasteiger partial charge in [-0.15, -0.1) is 0 Å². The number of ether oxygens (including phenoxy) is 2. The first-order valence-corrected chi connectivity index (χ1v) is 8.95. The smallest absolute Gasteiger partial charge is 0.338 e. The fourth-order valence-corrected chi connectivity index (χ4v) is 2.82. The predicted molar refractivity (Wildman–Crippen MR) is 90.1 cm³/mol. The first-order valence-electron chi connectivity index (χ1n) is 6.64. The maximum Gasteiger partial charge on any atom is 0.338 e. The highest BCUT2D eigenvalue weighted by Crippen LogP contribution is 2.19. The van der Waals surface area contributed by atoms with Crippen molar-refractivity contribution >= 4 is 39.2 Å². The molecular weight excluding hydrogens is 377 g/mol. The van der Waals surface area contributed by atoms with Crippen LogP contribution in [0.25, 0.3) is 0 Å². The second-order valence-corrected chi connectivity index (χ2v) is 7.09. The normalized spacial score (nSPS) is 11.1. The summed E-state index contributed by atoms with van der Waals surface area (Å²) in [4.78, 5) is 11.8. The fourth-order valence-electron chi connectivity index (χ4n) is 1.77. The van der Waals surface area contributed by atoms with Gasteiger partial charge in [0.2, 0.25) is 10.0 Å². The summed E-state index contributed by atoms with van der Waals surface area (Å²) in [5.41, 5.74) is 0.241. The van der Waals surface area contributed by atoms with Crippen molar-refractivity contribution in [2.45, 2.75) is 4.90 Å². The van der Waals surface area contributed by atoms with Crippen LogP contribution < -0.4 is 9.88 Å². The number of carbonyl (C=O) groups excluding carboxylic acids is 1. The van der Waals surface area contributed by atoms with Crippen molar-refractivity contribution < 1.29 is 22.7 Å². The molecule has 0 spiro atoms. The van der Waals surface area contributed by atoms with E-state index in [0.717, 1.165) is 0 Å². The largest absolute Gasteiger partial charge is 0.490 e. The molecule has 0 aliphatic heterocycles. The van der Waals surface area contributed by atoms with E-state index < -0.39 is 16.0 Å². The molecule has 0 aliphatic rings. The molecule has 0 amide bonds. The maximum atomic E-state index is 11.8. The second kappa shape index (κ2) is 7.85. The van der Waals surface area contributed by atoms with E-state index in [0.29, 0.717) is 15.8 Å². The summed E-state index contributed by atoms with van der Waals surface area (Å²) in [7, 11) is -3.74. The first kappa shape index (κ1) is 18.5. The number of carbonyl (C=O) groups is 1. The molecule has 0 heterocycles. The zero-order valence-electron chi connectivity index (χ0n) is 12.2. The molecule has 2 aromatic carbocycles. The molecule has 0 saturated heterocycles. The Labute approximate surface area is 149 Å². The molecule has 24 heavy (non-hydrogen) atoms. The van der Waals surface area contributed by atoms with Crippen LogP contribution in [-0.2, 0) is 14.8 Å². The van der Waals surface area contributed by atoms with Gasteiger partial charge in [0.25, 0.3) is 0 Å². The summed E-state index contributed by atoms with van der Waals surface area (Å²) in [6.07, 6.45) is 0. The third-order valence-corrected chi connectivity index (χ3v) is 4.20. The van der Waals surface area contributed by atoms with Gasteiger partial charge in [0.05, 0.1) is 10.5 Å². The Morgan fingerprint density at radius 3 is 2.12 bits per heavy atom. The van der Waals surface area contributed by atoms with Crippen molar-refractivity contribution in [3.05, 3.63) is 58.1 Å². The number of primary sulfonamides is 1. The Bertz CT molecular complexity index is 817. The number of hydrogen-bond donors (Lipinski definition) is 1. The van der Waals surface area contributed by atoms with Gasteiger partial charge in [-0.2, -0.15) is 0 Å². The number of halogens is 2. The molecule has 2 aromatic rings. The number of sulfonamides is 1. The Hall–Kier alpha value is -1.80. The van der Waals surface area contributed by atoms with E-state index in [4.69, 9.17) is 37.8 Å². The lowest BCUT2D eigenvalue weighted by Crippen LogP contribution is -2.13. The Morgan fingerprint density at radius 2 is 1.58 bits per heavy atom. The van der Waals surface area contributed by atoms with Gasteiger partial charge < -0.3 is 9.47 Å². The number of esters is 1. The van der Waals surface area contributed by atoms with E-state index in [1.54, 1.807) is 0 Å². The minimum absolute atomic E-state index is 0.0000946. The quantitative estimate of drug-likeness (QED) is 0.605. The topological polar surface area (TPSA) is 95.7 Å². The Balaban J connectivity index is 1.83. The molecule has 6 nitrogen and oxygen atoms in total. The lowest BCUT2D eigenvalue weighted by molar-refractivity contribution is 0.0450. The summed E-state index contributed by atoms with van der Waals surface area (Å²) < 4.78 is 32.6. The predicted octanol–water partition coefficient (Wildman–Crippen LogP) is 2.88. The Kier molecular flexibility index (Phi) is 6.06. The minimum Gasteiger partial charge on any atom is -0.490 e. The first-order chi connectivity index (χ1) is 11.3. The molecule has 0 saturated carbocycles. The van der Waals surface area contributed by atoms with Gasteiger partial charge in [0.1, 0.15) is 19.0 Å². The summed E-state index contributed by atoms with van der Waals surface area (Å²) >= 11 is 11.6. The summed E-state index contributed by atoms with van der Waals surface area (Å²) in [5.74, 6) is -0.156. The van der Waals surface area contributed by atoms with Gasteiger partial charge >= 0.3 is 5.97 Å². The monoisotopic (exact) mass is 389 g/mol. The maximum absolute atomic E-state index is 11.8. The van der Waals surface area contributed by atoms with Crippen LogP contribution in [-0.4, -0.2) is 27.6 Å². The molecule has 9 heteroatoms. The second-order valence-electron chi connectivity index (χ2n) is 4.66. The van der Waals surface area contributed by atoms with Gasteiger partial charge in [-0.1, -0.05) is 23.2 Å². The van der Waals surface area contributed by atoms with Crippen LogP contribution >= 0.6 is 23.2 Å². The van der Waals surface area contributed by atoms with Crippen LogP contribution in [0.4, 0.5) is 0 Å². The van der Waals surface area contributed by atoms with Crippen molar-refractivity contribution in [2.75, 3.05) is 13.2 Å². The molecule has 0 radical (unpaired) electrons. The van der Waals surface area contributed by atoms with E-state index in [1.165, 1.54) is 42.5 Å². The number of nitrogens with two attached hydrogens (primary N) is 1. The van der Waals surface area contributed by atoms with E-state index in [1.807, 2.05) is 0 Å². The van der Waals surface area contributed by atoms with Gasteiger partial charge in [-0.3, -0.25) is 0 Å². The van der Waals surface area contributed by atoms with E-state index in [9.17, 15) is 13.2 Å². The zero-order chi connectivity index (χ0) is 17.7. The molecule has 2 N–H and O–H groups in total. The average molecular weight is 390 g/mol. The highest BCUT2D eigenvalue weighted by atomic mass is 35.5. The van der Waals surface area contributed by atoms with Gasteiger partial charge in [0.15, 0.2) is 0 Å². The lowest BCUT2D eigenvalue weighted by Gasteiger charge is -2.08. The Morgan fingerprint density at radius 1 is 1.00 bits per heavy atom.